The maximum Gasteiger partial charge on any atom is 0.318 e. The molecule has 37 heteroatoms. The van der Waals surface area contributed by atoms with Crippen molar-refractivity contribution in [3.63, 3.8) is 0 Å². The number of hydrogen-bond acceptors (Lipinski definition) is 37. The number of anilines is 6. The van der Waals surface area contributed by atoms with Crippen LogP contribution in [0.3, 0.4) is 0 Å². The Morgan fingerprint density at radius 2 is 0.557 bits per heavy atom. The molecule has 9 aliphatic rings. The van der Waals surface area contributed by atoms with Gasteiger partial charge in [-0.1, -0.05) is 152 Å². The van der Waals surface area contributed by atoms with Crippen molar-refractivity contribution in [2.24, 2.45) is 0 Å². The van der Waals surface area contributed by atoms with E-state index in [-0.39, 0.29) is 5.92 Å². The van der Waals surface area contributed by atoms with Crippen LogP contribution >= 0.6 is 0 Å². The molecule has 0 amide bonds. The van der Waals surface area contributed by atoms with Crippen LogP contribution in [0.2, 0.25) is 0 Å². The van der Waals surface area contributed by atoms with Crippen molar-refractivity contribution >= 4 is 36.0 Å². The average molecular weight is 2050 g/mol. The Hall–Kier alpha value is -12.1. The molecule has 0 unspecified atom stereocenters. The standard InChI is InChI=1S/C22H32N4O3.C21H30N4O2.C20H29N5O3.C17H23N3O3.2C16H21N3O2/c1-15(2)18-13-16(3)19(14-20(18)27-4)21-23-24-22(29-21)26-7-5-17(6-8-26)25-9-11-28-12-10-25;1-15(2)17-4-5-19(16(3)14-17)20-22-23-21(27-20)25-8-6-18(7-9-25)24-10-12-26-13-11-24;1-14(2)18-17(26-3)12-15(13-21-18)19-22-20(23-28-19)25-6-4-16(5-7-25)24-8-10-27-11-9-24;1-11(2)13-9-12(3)14(10-15(13)21-4)16-18-19-17(23-16)20-5-7-22-8-6-20;1-11(2)13-4-5-14(12(3)10-13)15-17-18-16(21-15)19-6-8-20-9-7-19;1-11(2)13-4-5-14(12(3)10-13)15-17-16(18-21-15)19-6-8-20-9-7-19/h13-15,17H,5-12H2,1-4H3;4-5,14-15,18H,6-13H2,1-3H3;12-14,16H,4-11H2,1-3H3;9-11H,5-8H2,1-4H3;2*4-5,10-11H,6-9H2,1-3H3. The molecule has 16 heterocycles. The minimum absolute atomic E-state index is 0.287. The van der Waals surface area contributed by atoms with E-state index in [0.29, 0.717) is 159 Å². The first-order valence-corrected chi connectivity index (χ1v) is 53.7. The largest absolute Gasteiger partial charge is 0.496 e. The molecule has 0 radical (unpaired) electrons. The van der Waals surface area contributed by atoms with Gasteiger partial charge in [-0.3, -0.25) is 19.7 Å². The maximum atomic E-state index is 6.09. The van der Waals surface area contributed by atoms with Crippen molar-refractivity contribution in [1.29, 1.82) is 0 Å². The van der Waals surface area contributed by atoms with Gasteiger partial charge in [0, 0.05) is 170 Å². The van der Waals surface area contributed by atoms with Gasteiger partial charge in [-0.15, -0.1) is 20.4 Å². The molecule has 0 N–H and O–H groups in total. The maximum absolute atomic E-state index is 6.09. The number of hydrogen-bond donors (Lipinski definition) is 0. The van der Waals surface area contributed by atoms with Crippen molar-refractivity contribution < 1.29 is 69.3 Å². The van der Waals surface area contributed by atoms with E-state index in [4.69, 9.17) is 69.3 Å². The van der Waals surface area contributed by atoms with Gasteiger partial charge in [-0.25, -0.2) is 0 Å². The third-order valence-corrected chi connectivity index (χ3v) is 29.4. The third-order valence-electron chi connectivity index (χ3n) is 29.4. The predicted octanol–water partition coefficient (Wildman–Crippen LogP) is 18.5. The monoisotopic (exact) mass is 2050 g/mol. The van der Waals surface area contributed by atoms with Crippen LogP contribution in [0.5, 0.6) is 17.2 Å². The van der Waals surface area contributed by atoms with Gasteiger partial charge in [0.2, 0.25) is 23.6 Å². The molecule has 0 aliphatic carbocycles. The fraction of sp³-hybridized carbons (Fsp3) is 0.580. The second-order valence-corrected chi connectivity index (χ2v) is 41.5. The molecule has 149 heavy (non-hydrogen) atoms. The van der Waals surface area contributed by atoms with Gasteiger partial charge < -0.3 is 98.7 Å². The summed E-state index contributed by atoms with van der Waals surface area (Å²) >= 11 is 0. The van der Waals surface area contributed by atoms with Crippen LogP contribution < -0.4 is 43.6 Å². The van der Waals surface area contributed by atoms with Gasteiger partial charge >= 0.3 is 24.1 Å². The first kappa shape index (κ1) is 110. The number of morpholine rings is 6. The van der Waals surface area contributed by atoms with E-state index in [1.165, 1.54) is 44.5 Å². The van der Waals surface area contributed by atoms with Gasteiger partial charge in [0.15, 0.2) is 0 Å². The van der Waals surface area contributed by atoms with Crippen molar-refractivity contribution in [3.05, 3.63) is 152 Å². The Morgan fingerprint density at radius 3 is 0.872 bits per heavy atom. The smallest absolute Gasteiger partial charge is 0.318 e. The Bertz CT molecular complexity index is 6060. The fourth-order valence-corrected chi connectivity index (χ4v) is 20.3. The summed E-state index contributed by atoms with van der Waals surface area (Å²) in [6.07, 6.45) is 8.52. The van der Waals surface area contributed by atoms with Crippen LogP contribution in [-0.2, 0) is 28.4 Å². The number of nitrogens with zero attached hydrogens (tertiary/aromatic N) is 22. The van der Waals surface area contributed by atoms with Crippen LogP contribution in [0, 0.1) is 34.6 Å². The molecule has 21 rings (SSSR count). The molecule has 0 saturated carbocycles. The van der Waals surface area contributed by atoms with E-state index < -0.39 is 0 Å². The summed E-state index contributed by atoms with van der Waals surface area (Å²) < 4.78 is 83.9. The first-order chi connectivity index (χ1) is 72.2. The van der Waals surface area contributed by atoms with Crippen molar-refractivity contribution in [2.45, 2.75) is 210 Å². The quantitative estimate of drug-likeness (QED) is 0.0542. The number of ether oxygens (including phenoxy) is 9. The lowest BCUT2D eigenvalue weighted by Gasteiger charge is -2.39. The molecule has 804 valence electrons. The molecule has 9 fully saturated rings. The Kier molecular flexibility index (Phi) is 38.7. The third kappa shape index (κ3) is 28.2. The van der Waals surface area contributed by atoms with Crippen molar-refractivity contribution in [3.8, 4) is 86.0 Å². The van der Waals surface area contributed by atoms with Crippen LogP contribution in [-0.4, -0.2) is 317 Å². The van der Waals surface area contributed by atoms with E-state index in [1.807, 2.05) is 18.2 Å². The number of pyridine rings is 1. The molecular formula is C112H156N22O15. The van der Waals surface area contributed by atoms with E-state index >= 15 is 0 Å². The van der Waals surface area contributed by atoms with Crippen molar-refractivity contribution in [1.82, 2.24) is 80.8 Å². The zero-order valence-electron chi connectivity index (χ0n) is 91.3. The topological polar surface area (TPSA) is 359 Å². The van der Waals surface area contributed by atoms with Crippen LogP contribution in [0.15, 0.2) is 118 Å². The van der Waals surface area contributed by atoms with Crippen molar-refractivity contribution in [2.75, 3.05) is 248 Å². The molecule has 9 saturated heterocycles. The highest BCUT2D eigenvalue weighted by Gasteiger charge is 2.35. The molecule has 9 aliphatic heterocycles. The molecule has 5 aromatic carbocycles. The lowest BCUT2D eigenvalue weighted by Crippen LogP contribution is -2.49. The second kappa shape index (κ2) is 52.6. The highest BCUT2D eigenvalue weighted by atomic mass is 16.5. The number of piperidine rings is 3. The van der Waals surface area contributed by atoms with E-state index in [2.05, 4.69) is 295 Å². The predicted molar refractivity (Wildman–Crippen MR) is 576 cm³/mol. The number of methoxy groups -OCH3 is 3. The summed E-state index contributed by atoms with van der Waals surface area (Å²) in [5.41, 5.74) is 18.7. The van der Waals surface area contributed by atoms with Crippen LogP contribution in [0.25, 0.3) is 68.7 Å². The summed E-state index contributed by atoms with van der Waals surface area (Å²) in [5, 5.41) is 42.4. The van der Waals surface area contributed by atoms with Gasteiger partial charge in [-0.2, -0.15) is 9.97 Å². The molecule has 7 aromatic heterocycles. The van der Waals surface area contributed by atoms with Crippen LogP contribution in [0.4, 0.5) is 36.0 Å². The highest BCUT2D eigenvalue weighted by molar-refractivity contribution is 5.67. The molecule has 0 spiro atoms. The SMILES string of the molecule is COc1cc(-c2nc(N3CCC(N4CCOCC4)CC3)no2)cnc1C(C)C.COc1cc(-c2nnc(N3CCC(N4CCOCC4)CC3)o2)c(C)cc1C(C)C.COc1cc(-c2nnc(N3CCOCC3)o2)c(C)cc1C(C)C.Cc1cc(C(C)C)ccc1-c1nc(N2CCOCC2)no1.Cc1cc(C(C)C)ccc1-c1nnc(N2CCC(N3CCOCC3)CC2)o1.Cc1cc(C(C)C)ccc1-c1nnc(N2CCOCC2)o1. The van der Waals surface area contributed by atoms with Crippen LogP contribution in [0.1, 0.15) is 218 Å². The first-order valence-electron chi connectivity index (χ1n) is 53.7. The fourth-order valence-electron chi connectivity index (χ4n) is 20.3. The number of rotatable bonds is 24. The second-order valence-electron chi connectivity index (χ2n) is 41.5. The Labute approximate surface area is 877 Å². The van der Waals surface area contributed by atoms with Gasteiger partial charge in [0.25, 0.3) is 23.7 Å². The molecule has 0 bridgehead atoms. The zero-order valence-corrected chi connectivity index (χ0v) is 91.3. The zero-order chi connectivity index (χ0) is 105. The summed E-state index contributed by atoms with van der Waals surface area (Å²) in [6, 6.07) is 33.8. The number of aryl methyl sites for hydroxylation is 5. The minimum atomic E-state index is 0.287. The van der Waals surface area contributed by atoms with E-state index in [0.717, 1.165) is 263 Å². The summed E-state index contributed by atoms with van der Waals surface area (Å²) in [4.78, 5) is 34.2. The Balaban J connectivity index is 0.000000128. The number of aromatic nitrogens is 13. The minimum Gasteiger partial charge on any atom is -0.496 e. The lowest BCUT2D eigenvalue weighted by atomic mass is 9.96. The molecule has 0 atom stereocenters. The molecular weight excluding hydrogens is 1890 g/mol. The highest BCUT2D eigenvalue weighted by Crippen LogP contribution is 2.41. The summed E-state index contributed by atoms with van der Waals surface area (Å²) in [6.45, 7) is 62.5. The molecule has 37 nitrogen and oxygen atoms in total. The van der Waals surface area contributed by atoms with Gasteiger partial charge in [0.05, 0.1) is 112 Å². The van der Waals surface area contributed by atoms with Gasteiger partial charge in [-0.05, 0) is 211 Å². The lowest BCUT2D eigenvalue weighted by molar-refractivity contribution is 0.0113. The normalized spacial score (nSPS) is 17.7. The molecule has 12 aromatic rings. The Morgan fingerprint density at radius 1 is 0.275 bits per heavy atom. The summed E-state index contributed by atoms with van der Waals surface area (Å²) in [7, 11) is 5.05. The van der Waals surface area contributed by atoms with E-state index in [1.54, 1.807) is 27.5 Å². The van der Waals surface area contributed by atoms with Gasteiger partial charge in [0.1, 0.15) is 17.2 Å². The summed E-state index contributed by atoms with van der Waals surface area (Å²) in [5.74, 6) is 9.76. The number of benzene rings is 5. The average Bonchev–Trinajstić information content (AvgIpc) is 1.66. The van der Waals surface area contributed by atoms with E-state index in [9.17, 15) is 0 Å².